The van der Waals surface area contributed by atoms with E-state index >= 15 is 0 Å². The molecule has 0 radical (unpaired) electrons. The molecule has 1 aliphatic carbocycles. The van der Waals surface area contributed by atoms with E-state index in [1.54, 1.807) is 20.8 Å². The van der Waals surface area contributed by atoms with Crippen molar-refractivity contribution in [1.82, 2.24) is 5.32 Å². The number of alkyl carbamates (subject to hydrolysis) is 1. The van der Waals surface area contributed by atoms with E-state index in [4.69, 9.17) is 4.74 Å². The van der Waals surface area contributed by atoms with Gasteiger partial charge in [-0.05, 0) is 39.2 Å². The number of aliphatic carboxylic acids is 1. The molecule has 1 saturated carbocycles. The van der Waals surface area contributed by atoms with Gasteiger partial charge in [0.25, 0.3) is 0 Å². The molecular formula is C18H25NO4. The molecule has 1 unspecified atom stereocenters. The first-order chi connectivity index (χ1) is 10.7. The lowest BCUT2D eigenvalue weighted by Gasteiger charge is -2.47. The molecule has 1 aromatic carbocycles. The highest BCUT2D eigenvalue weighted by molar-refractivity contribution is 5.70. The Labute approximate surface area is 137 Å². The van der Waals surface area contributed by atoms with Crippen LogP contribution in [-0.4, -0.2) is 22.8 Å². The minimum atomic E-state index is -0.836. The summed E-state index contributed by atoms with van der Waals surface area (Å²) in [5.74, 6) is -0.836. The summed E-state index contributed by atoms with van der Waals surface area (Å²) < 4.78 is 5.36. The second-order valence-electron chi connectivity index (χ2n) is 7.28. The summed E-state index contributed by atoms with van der Waals surface area (Å²) >= 11 is 0. The SMILES string of the molecule is CC(C)(C)OC(=O)NC(c1ccccc1)C1(CC(=O)O)CCC1. The van der Waals surface area contributed by atoms with Gasteiger partial charge in [-0.15, -0.1) is 0 Å². The van der Waals surface area contributed by atoms with Crippen LogP contribution in [0, 0.1) is 5.41 Å². The monoisotopic (exact) mass is 319 g/mol. The first-order valence-corrected chi connectivity index (χ1v) is 7.98. The molecule has 1 atom stereocenters. The minimum absolute atomic E-state index is 0.0440. The number of hydrogen-bond acceptors (Lipinski definition) is 3. The van der Waals surface area contributed by atoms with E-state index in [1.165, 1.54) is 0 Å². The van der Waals surface area contributed by atoms with E-state index in [2.05, 4.69) is 5.32 Å². The lowest BCUT2D eigenvalue weighted by molar-refractivity contribution is -0.142. The van der Waals surface area contributed by atoms with Gasteiger partial charge in [0.2, 0.25) is 0 Å². The summed E-state index contributed by atoms with van der Waals surface area (Å²) in [5.41, 5.74) is -0.117. The number of nitrogens with one attached hydrogen (secondary N) is 1. The van der Waals surface area contributed by atoms with Crippen LogP contribution in [-0.2, 0) is 9.53 Å². The van der Waals surface area contributed by atoms with Crippen molar-refractivity contribution in [3.05, 3.63) is 35.9 Å². The Morgan fingerprint density at radius 2 is 1.87 bits per heavy atom. The molecular weight excluding hydrogens is 294 g/mol. The maximum atomic E-state index is 12.2. The lowest BCUT2D eigenvalue weighted by atomic mass is 9.60. The van der Waals surface area contributed by atoms with Crippen LogP contribution < -0.4 is 5.32 Å². The standard InChI is InChI=1S/C18H25NO4/c1-17(2,3)23-16(22)19-15(13-8-5-4-6-9-13)18(10-7-11-18)12-14(20)21/h4-6,8-9,15H,7,10-12H2,1-3H3,(H,19,22)(H,20,21). The molecule has 126 valence electrons. The van der Waals surface area contributed by atoms with Crippen LogP contribution in [0.25, 0.3) is 0 Å². The number of amides is 1. The molecule has 1 amide bonds. The lowest BCUT2D eigenvalue weighted by Crippen LogP contribution is -2.47. The number of carboxylic acids is 1. The molecule has 1 aromatic rings. The fraction of sp³-hybridized carbons (Fsp3) is 0.556. The number of rotatable bonds is 5. The molecule has 5 heteroatoms. The topological polar surface area (TPSA) is 75.6 Å². The summed E-state index contributed by atoms with van der Waals surface area (Å²) in [5, 5.41) is 12.2. The van der Waals surface area contributed by atoms with E-state index in [0.29, 0.717) is 0 Å². The molecule has 1 fully saturated rings. The van der Waals surface area contributed by atoms with Crippen LogP contribution in [0.3, 0.4) is 0 Å². The zero-order valence-corrected chi connectivity index (χ0v) is 14.0. The molecule has 2 N–H and O–H groups in total. The van der Waals surface area contributed by atoms with Crippen molar-refractivity contribution in [2.75, 3.05) is 0 Å². The van der Waals surface area contributed by atoms with Crippen LogP contribution in [0.15, 0.2) is 30.3 Å². The molecule has 0 saturated heterocycles. The van der Waals surface area contributed by atoms with Crippen LogP contribution in [0.1, 0.15) is 58.1 Å². The Hall–Kier alpha value is -2.04. The Kier molecular flexibility index (Phi) is 4.97. The van der Waals surface area contributed by atoms with E-state index < -0.39 is 23.1 Å². The van der Waals surface area contributed by atoms with Gasteiger partial charge in [-0.3, -0.25) is 4.79 Å². The van der Waals surface area contributed by atoms with Crippen molar-refractivity contribution in [2.45, 2.75) is 58.1 Å². The van der Waals surface area contributed by atoms with Crippen molar-refractivity contribution in [2.24, 2.45) is 5.41 Å². The molecule has 0 heterocycles. The number of carbonyl (C=O) groups excluding carboxylic acids is 1. The van der Waals surface area contributed by atoms with E-state index in [0.717, 1.165) is 24.8 Å². The zero-order chi connectivity index (χ0) is 17.1. The van der Waals surface area contributed by atoms with Crippen LogP contribution >= 0.6 is 0 Å². The normalized spacial score (nSPS) is 17.7. The number of benzene rings is 1. The minimum Gasteiger partial charge on any atom is -0.481 e. The quantitative estimate of drug-likeness (QED) is 0.863. The van der Waals surface area contributed by atoms with Gasteiger partial charge in [0.1, 0.15) is 5.60 Å². The zero-order valence-electron chi connectivity index (χ0n) is 14.0. The van der Waals surface area contributed by atoms with Gasteiger partial charge in [0, 0.05) is 5.41 Å². The predicted molar refractivity (Wildman–Crippen MR) is 87.1 cm³/mol. The number of carboxylic acid groups (broad SMARTS) is 1. The van der Waals surface area contributed by atoms with Crippen LogP contribution in [0.2, 0.25) is 0 Å². The van der Waals surface area contributed by atoms with Gasteiger partial charge < -0.3 is 15.2 Å². The van der Waals surface area contributed by atoms with Crippen molar-refractivity contribution in [3.63, 3.8) is 0 Å². The van der Waals surface area contributed by atoms with Gasteiger partial charge in [0.15, 0.2) is 0 Å². The van der Waals surface area contributed by atoms with Gasteiger partial charge in [-0.25, -0.2) is 4.79 Å². The molecule has 0 aromatic heterocycles. The third-order valence-corrected chi connectivity index (χ3v) is 4.26. The van der Waals surface area contributed by atoms with Gasteiger partial charge in [0.05, 0.1) is 12.5 Å². The number of hydrogen-bond donors (Lipinski definition) is 2. The number of carbonyl (C=O) groups is 2. The second-order valence-corrected chi connectivity index (χ2v) is 7.28. The van der Waals surface area contributed by atoms with Crippen molar-refractivity contribution in [3.8, 4) is 0 Å². The summed E-state index contributed by atoms with van der Waals surface area (Å²) in [4.78, 5) is 23.5. The van der Waals surface area contributed by atoms with Crippen molar-refractivity contribution >= 4 is 12.1 Å². The third-order valence-electron chi connectivity index (χ3n) is 4.26. The highest BCUT2D eigenvalue weighted by atomic mass is 16.6. The van der Waals surface area contributed by atoms with E-state index in [-0.39, 0.29) is 12.5 Å². The maximum absolute atomic E-state index is 12.2. The first-order valence-electron chi connectivity index (χ1n) is 7.98. The van der Waals surface area contributed by atoms with Crippen molar-refractivity contribution < 1.29 is 19.4 Å². The Morgan fingerprint density at radius 1 is 1.26 bits per heavy atom. The average Bonchev–Trinajstić information content (AvgIpc) is 2.39. The van der Waals surface area contributed by atoms with Gasteiger partial charge in [-0.1, -0.05) is 36.8 Å². The molecule has 5 nitrogen and oxygen atoms in total. The summed E-state index contributed by atoms with van der Waals surface area (Å²) in [6, 6.07) is 9.17. The van der Waals surface area contributed by atoms with Gasteiger partial charge >= 0.3 is 12.1 Å². The predicted octanol–water partition coefficient (Wildman–Crippen LogP) is 3.90. The molecule has 0 aliphatic heterocycles. The van der Waals surface area contributed by atoms with E-state index in [1.807, 2.05) is 30.3 Å². The Bertz CT molecular complexity index is 558. The summed E-state index contributed by atoms with van der Waals surface area (Å²) in [6.07, 6.45) is 2.08. The summed E-state index contributed by atoms with van der Waals surface area (Å²) in [6.45, 7) is 5.42. The highest BCUT2D eigenvalue weighted by Gasteiger charge is 2.47. The average molecular weight is 319 g/mol. The van der Waals surface area contributed by atoms with Crippen LogP contribution in [0.5, 0.6) is 0 Å². The van der Waals surface area contributed by atoms with Gasteiger partial charge in [-0.2, -0.15) is 0 Å². The molecule has 23 heavy (non-hydrogen) atoms. The second kappa shape index (κ2) is 6.60. The fourth-order valence-corrected chi connectivity index (χ4v) is 3.16. The summed E-state index contributed by atoms with van der Waals surface area (Å²) in [7, 11) is 0. The Morgan fingerprint density at radius 3 is 2.30 bits per heavy atom. The van der Waals surface area contributed by atoms with E-state index in [9.17, 15) is 14.7 Å². The fourth-order valence-electron chi connectivity index (χ4n) is 3.16. The third kappa shape index (κ3) is 4.47. The number of ether oxygens (including phenoxy) is 1. The molecule has 0 spiro atoms. The molecule has 1 aliphatic rings. The smallest absolute Gasteiger partial charge is 0.408 e. The Balaban J connectivity index is 2.26. The van der Waals surface area contributed by atoms with Crippen molar-refractivity contribution in [1.29, 1.82) is 0 Å². The highest BCUT2D eigenvalue weighted by Crippen LogP contribution is 2.52. The molecule has 0 bridgehead atoms. The van der Waals surface area contributed by atoms with Crippen LogP contribution in [0.4, 0.5) is 4.79 Å². The largest absolute Gasteiger partial charge is 0.481 e. The maximum Gasteiger partial charge on any atom is 0.408 e. The molecule has 2 rings (SSSR count). The first kappa shape index (κ1) is 17.3.